The predicted octanol–water partition coefficient (Wildman–Crippen LogP) is 20.2. The lowest BCUT2D eigenvalue weighted by atomic mass is 9.61. The first-order valence-corrected chi connectivity index (χ1v) is 26.3. The van der Waals surface area contributed by atoms with Crippen LogP contribution in [0.4, 0.5) is 34.1 Å². The average molecular weight is 921 g/mol. The lowest BCUT2D eigenvalue weighted by Gasteiger charge is -2.43. The Bertz CT molecular complexity index is 3130. The summed E-state index contributed by atoms with van der Waals surface area (Å²) in [4.78, 5) is 5.02. The molecule has 8 aromatic rings. The van der Waals surface area contributed by atoms with Crippen LogP contribution in [-0.4, -0.2) is 0 Å². The van der Waals surface area contributed by atoms with Crippen molar-refractivity contribution in [3.63, 3.8) is 0 Å². The van der Waals surface area contributed by atoms with Crippen LogP contribution in [0.15, 0.2) is 146 Å². The first-order chi connectivity index (χ1) is 33.1. The third-order valence-corrected chi connectivity index (χ3v) is 16.9. The highest BCUT2D eigenvalue weighted by Crippen LogP contribution is 2.56. The van der Waals surface area contributed by atoms with E-state index in [1.165, 1.54) is 94.2 Å². The summed E-state index contributed by atoms with van der Waals surface area (Å²) in [6, 6.07) is 57.0. The van der Waals surface area contributed by atoms with E-state index < -0.39 is 0 Å². The normalized spacial score (nSPS) is 16.6. The molecule has 2 nitrogen and oxygen atoms in total. The van der Waals surface area contributed by atoms with Gasteiger partial charge in [-0.25, -0.2) is 0 Å². The van der Waals surface area contributed by atoms with E-state index in [1.54, 1.807) is 0 Å². The van der Waals surface area contributed by atoms with E-state index in [4.69, 9.17) is 0 Å². The Morgan fingerprint density at radius 1 is 0.343 bits per heavy atom. The van der Waals surface area contributed by atoms with E-state index in [9.17, 15) is 0 Å². The van der Waals surface area contributed by atoms with Gasteiger partial charge in [-0.15, -0.1) is 0 Å². The van der Waals surface area contributed by atoms with E-state index in [2.05, 4.69) is 252 Å². The number of anilines is 6. The summed E-state index contributed by atoms with van der Waals surface area (Å²) in [6.07, 6.45) is 4.62. The van der Waals surface area contributed by atoms with Crippen molar-refractivity contribution in [2.45, 2.75) is 156 Å². The van der Waals surface area contributed by atoms with Crippen molar-refractivity contribution in [1.29, 1.82) is 0 Å². The van der Waals surface area contributed by atoms with Crippen LogP contribution in [0.3, 0.4) is 0 Å². The Balaban J connectivity index is 1.33. The Morgan fingerprint density at radius 2 is 0.614 bits per heavy atom. The van der Waals surface area contributed by atoms with Gasteiger partial charge >= 0.3 is 0 Å². The second-order valence-electron chi connectivity index (χ2n) is 24.5. The number of nitrogens with zero attached hydrogens (tertiary/aromatic N) is 2. The topological polar surface area (TPSA) is 6.48 Å². The molecular weight excluding hydrogens is 845 g/mol. The lowest BCUT2D eigenvalue weighted by Crippen LogP contribution is -2.34. The van der Waals surface area contributed by atoms with E-state index in [0.717, 1.165) is 42.7 Å². The van der Waals surface area contributed by atoms with Crippen LogP contribution in [0.1, 0.15) is 165 Å². The molecule has 10 rings (SSSR count). The van der Waals surface area contributed by atoms with Gasteiger partial charge in [0.25, 0.3) is 0 Å². The van der Waals surface area contributed by atoms with Crippen LogP contribution in [0.25, 0.3) is 32.7 Å². The molecule has 2 heteroatoms. The fourth-order valence-corrected chi connectivity index (χ4v) is 11.9. The molecule has 0 aliphatic heterocycles. The van der Waals surface area contributed by atoms with E-state index in [-0.39, 0.29) is 21.7 Å². The van der Waals surface area contributed by atoms with Gasteiger partial charge in [0, 0.05) is 39.2 Å². The van der Waals surface area contributed by atoms with Crippen molar-refractivity contribution in [1.82, 2.24) is 0 Å². The van der Waals surface area contributed by atoms with Gasteiger partial charge in [0.2, 0.25) is 0 Å². The fraction of sp³-hybridized carbons (Fsp3) is 0.353. The molecule has 358 valence electrons. The largest absolute Gasteiger partial charge is 0.311 e. The predicted molar refractivity (Wildman–Crippen MR) is 304 cm³/mol. The number of benzene rings is 8. The van der Waals surface area contributed by atoms with Gasteiger partial charge in [0.1, 0.15) is 0 Å². The highest BCUT2D eigenvalue weighted by Gasteiger charge is 2.41. The standard InChI is InChI=1S/C68H76N2/c1-43(2)47-19-29-51(30-20-47)69(50-25-15-45(5)16-26-50)52-33-23-49(24-34-52)63-55-39-59-61(67(11,12)37-35-65(59,7)8)41-57(55)64(58-42-62-60(40-56(58)63)66(9,10)36-38-68(62,13)14)70(53-27-17-46(6)18-28-53)54-31-21-48(22-32-54)44(3)4/h15-34,39-44H,35-38H2,1-14H3. The molecule has 0 radical (unpaired) electrons. The molecule has 0 saturated heterocycles. The van der Waals surface area contributed by atoms with Crippen LogP contribution < -0.4 is 9.80 Å². The third-order valence-electron chi connectivity index (χ3n) is 16.9. The van der Waals surface area contributed by atoms with Crippen LogP contribution in [0.2, 0.25) is 0 Å². The van der Waals surface area contributed by atoms with E-state index >= 15 is 0 Å². The van der Waals surface area contributed by atoms with Gasteiger partial charge in [-0.1, -0.05) is 155 Å². The zero-order valence-corrected chi connectivity index (χ0v) is 44.7. The average Bonchev–Trinajstić information content (AvgIpc) is 3.33. The molecule has 8 aromatic carbocycles. The summed E-state index contributed by atoms with van der Waals surface area (Å²) in [6.45, 7) is 33.3. The van der Waals surface area contributed by atoms with E-state index in [0.29, 0.717) is 11.8 Å². The maximum Gasteiger partial charge on any atom is 0.0619 e. The lowest BCUT2D eigenvalue weighted by molar-refractivity contribution is 0.332. The SMILES string of the molecule is Cc1ccc(N(c2ccc(-c3c4cc5c(cc4c(N(c4ccc(C)cc4)c4ccc(C(C)C)cc4)c4cc6c(cc34)C(C)(C)CCC6(C)C)C(C)(C)CCC5(C)C)cc2)c2ccc(C(C)C)cc2)cc1. The van der Waals surface area contributed by atoms with Crippen molar-refractivity contribution < 1.29 is 0 Å². The third kappa shape index (κ3) is 8.34. The van der Waals surface area contributed by atoms with E-state index in [1.807, 2.05) is 0 Å². The highest BCUT2D eigenvalue weighted by molar-refractivity contribution is 6.23. The molecule has 0 unspecified atom stereocenters. The molecule has 2 aliphatic rings. The minimum absolute atomic E-state index is 0.0232. The van der Waals surface area contributed by atoms with Crippen LogP contribution in [0.5, 0.6) is 0 Å². The Morgan fingerprint density at radius 3 is 0.929 bits per heavy atom. The van der Waals surface area contributed by atoms with Crippen molar-refractivity contribution >= 4 is 55.7 Å². The molecule has 0 aromatic heterocycles. The van der Waals surface area contributed by atoms with Crippen molar-refractivity contribution in [2.75, 3.05) is 9.80 Å². The molecule has 0 bridgehead atoms. The van der Waals surface area contributed by atoms with Crippen molar-refractivity contribution in [3.05, 3.63) is 190 Å². The fourth-order valence-electron chi connectivity index (χ4n) is 11.9. The number of rotatable bonds is 9. The molecular formula is C68H76N2. The van der Waals surface area contributed by atoms with Crippen LogP contribution in [-0.2, 0) is 21.7 Å². The minimum atomic E-state index is 0.0232. The van der Waals surface area contributed by atoms with Gasteiger partial charge in [-0.05, 0) is 213 Å². The Hall–Kier alpha value is -6.12. The number of hydrogen-bond acceptors (Lipinski definition) is 2. The second-order valence-corrected chi connectivity index (χ2v) is 24.5. The monoisotopic (exact) mass is 921 g/mol. The van der Waals surface area contributed by atoms with Gasteiger partial charge < -0.3 is 9.80 Å². The van der Waals surface area contributed by atoms with Gasteiger partial charge in [0.15, 0.2) is 0 Å². The molecule has 0 fully saturated rings. The highest BCUT2D eigenvalue weighted by atomic mass is 15.1. The van der Waals surface area contributed by atoms with Gasteiger partial charge in [0.05, 0.1) is 5.69 Å². The van der Waals surface area contributed by atoms with Crippen molar-refractivity contribution in [2.24, 2.45) is 0 Å². The Kier molecular flexibility index (Phi) is 11.8. The van der Waals surface area contributed by atoms with Crippen LogP contribution >= 0.6 is 0 Å². The maximum absolute atomic E-state index is 2.65. The summed E-state index contributed by atoms with van der Waals surface area (Å²) >= 11 is 0. The minimum Gasteiger partial charge on any atom is -0.311 e. The smallest absolute Gasteiger partial charge is 0.0619 e. The zero-order valence-electron chi connectivity index (χ0n) is 44.7. The first kappa shape index (κ1) is 47.6. The summed E-state index contributed by atoms with van der Waals surface area (Å²) in [7, 11) is 0. The molecule has 2 aliphatic carbocycles. The van der Waals surface area contributed by atoms with Gasteiger partial charge in [-0.3, -0.25) is 0 Å². The number of hydrogen-bond donors (Lipinski definition) is 0. The molecule has 0 N–H and O–H groups in total. The first-order valence-electron chi connectivity index (χ1n) is 26.3. The molecule has 0 saturated carbocycles. The zero-order chi connectivity index (χ0) is 49.7. The molecule has 0 heterocycles. The number of fused-ring (bicyclic) bond motifs is 4. The summed E-state index contributed by atoms with van der Waals surface area (Å²) < 4.78 is 0. The maximum atomic E-state index is 2.65. The van der Waals surface area contributed by atoms with Crippen LogP contribution in [0, 0.1) is 13.8 Å². The summed E-state index contributed by atoms with van der Waals surface area (Å²) in [5.74, 6) is 0.911. The number of aryl methyl sites for hydroxylation is 2. The quantitative estimate of drug-likeness (QED) is 0.133. The summed E-state index contributed by atoms with van der Waals surface area (Å²) in [5.41, 5.74) is 20.9. The molecule has 0 amide bonds. The molecule has 70 heavy (non-hydrogen) atoms. The van der Waals surface area contributed by atoms with Crippen molar-refractivity contribution in [3.8, 4) is 11.1 Å². The second kappa shape index (κ2) is 17.3. The van der Waals surface area contributed by atoms with Gasteiger partial charge in [-0.2, -0.15) is 0 Å². The summed E-state index contributed by atoms with van der Waals surface area (Å²) in [5, 5.41) is 5.26. The Labute approximate surface area is 420 Å². The molecule has 0 atom stereocenters. The molecule has 0 spiro atoms.